The number of hydrogen-bond acceptors (Lipinski definition) is 2. The van der Waals surface area contributed by atoms with Crippen molar-refractivity contribution in [1.82, 2.24) is 0 Å². The number of hydrogen-bond donors (Lipinski definition) is 2. The van der Waals surface area contributed by atoms with Crippen LogP contribution in [-0.2, 0) is 0 Å². The van der Waals surface area contributed by atoms with Gasteiger partial charge >= 0.3 is 0 Å². The highest BCUT2D eigenvalue weighted by atomic mass is 16.3. The minimum Gasteiger partial charge on any atom is -0.387 e. The van der Waals surface area contributed by atoms with Gasteiger partial charge in [0.05, 0.1) is 6.10 Å². The number of rotatable bonds is 2. The molecule has 0 saturated carbocycles. The molecule has 0 heterocycles. The molecule has 0 saturated heterocycles. The molecule has 0 bridgehead atoms. The average Bonchev–Trinajstić information content (AvgIpc) is 2.21. The zero-order valence-electron chi connectivity index (χ0n) is 7.98. The predicted molar refractivity (Wildman–Crippen MR) is 56.3 cm³/mol. The summed E-state index contributed by atoms with van der Waals surface area (Å²) in [7, 11) is 0. The SMILES string of the molecule is C=C.CC(N)[C@@H](O)c1ccccc1. The fourth-order valence-electron chi connectivity index (χ4n) is 0.954. The first kappa shape index (κ1) is 11.9. The molecule has 0 aliphatic carbocycles. The molecule has 1 unspecified atom stereocenters. The van der Waals surface area contributed by atoms with Crippen LogP contribution >= 0.6 is 0 Å². The second kappa shape index (κ2) is 6.40. The first-order chi connectivity index (χ1) is 6.22. The predicted octanol–water partition coefficient (Wildman–Crippen LogP) is 1.87. The Morgan fingerprint density at radius 3 is 2.08 bits per heavy atom. The van der Waals surface area contributed by atoms with Crippen molar-refractivity contribution in [3.05, 3.63) is 49.1 Å². The van der Waals surface area contributed by atoms with E-state index >= 15 is 0 Å². The summed E-state index contributed by atoms with van der Waals surface area (Å²) in [6.07, 6.45) is -0.545. The van der Waals surface area contributed by atoms with Crippen molar-refractivity contribution in [3.63, 3.8) is 0 Å². The van der Waals surface area contributed by atoms with Gasteiger partial charge in [-0.1, -0.05) is 30.3 Å². The fourth-order valence-corrected chi connectivity index (χ4v) is 0.954. The highest BCUT2D eigenvalue weighted by Gasteiger charge is 2.10. The maximum atomic E-state index is 9.47. The molecule has 2 heteroatoms. The quantitative estimate of drug-likeness (QED) is 0.681. The third-order valence-corrected chi connectivity index (χ3v) is 1.64. The maximum Gasteiger partial charge on any atom is 0.0938 e. The van der Waals surface area contributed by atoms with Crippen LogP contribution < -0.4 is 5.73 Å². The molecule has 0 aliphatic rings. The number of aliphatic hydroxyl groups is 1. The van der Waals surface area contributed by atoms with E-state index in [2.05, 4.69) is 13.2 Å². The first-order valence-corrected chi connectivity index (χ1v) is 4.20. The lowest BCUT2D eigenvalue weighted by Crippen LogP contribution is -2.24. The third-order valence-electron chi connectivity index (χ3n) is 1.64. The van der Waals surface area contributed by atoms with Gasteiger partial charge in [-0.05, 0) is 12.5 Å². The molecule has 1 rings (SSSR count). The van der Waals surface area contributed by atoms with Crippen molar-refractivity contribution < 1.29 is 5.11 Å². The fraction of sp³-hybridized carbons (Fsp3) is 0.273. The Labute approximate surface area is 79.7 Å². The van der Waals surface area contributed by atoms with Crippen LogP contribution in [0.25, 0.3) is 0 Å². The largest absolute Gasteiger partial charge is 0.387 e. The van der Waals surface area contributed by atoms with Crippen molar-refractivity contribution >= 4 is 0 Å². The second-order valence-corrected chi connectivity index (χ2v) is 2.71. The smallest absolute Gasteiger partial charge is 0.0938 e. The standard InChI is InChI=1S/C9H13NO.C2H4/c1-7(10)9(11)8-5-3-2-4-6-8;1-2/h2-7,9,11H,10H2,1H3;1-2H2/t7?,9-;/m1./s1. The molecule has 72 valence electrons. The first-order valence-electron chi connectivity index (χ1n) is 4.20. The Hall–Kier alpha value is -1.12. The lowest BCUT2D eigenvalue weighted by molar-refractivity contribution is 0.153. The Morgan fingerprint density at radius 2 is 1.69 bits per heavy atom. The van der Waals surface area contributed by atoms with Gasteiger partial charge in [0.25, 0.3) is 0 Å². The highest BCUT2D eigenvalue weighted by Crippen LogP contribution is 2.13. The van der Waals surface area contributed by atoms with E-state index in [4.69, 9.17) is 5.73 Å². The summed E-state index contributed by atoms with van der Waals surface area (Å²) in [5, 5.41) is 9.47. The van der Waals surface area contributed by atoms with Crippen molar-refractivity contribution in [2.24, 2.45) is 5.73 Å². The Morgan fingerprint density at radius 1 is 1.23 bits per heavy atom. The average molecular weight is 179 g/mol. The molecule has 3 N–H and O–H groups in total. The van der Waals surface area contributed by atoms with E-state index in [1.54, 1.807) is 6.92 Å². The van der Waals surface area contributed by atoms with Gasteiger partial charge in [0.2, 0.25) is 0 Å². The molecule has 1 aromatic carbocycles. The normalized spacial score (nSPS) is 13.8. The summed E-state index contributed by atoms with van der Waals surface area (Å²) >= 11 is 0. The molecule has 0 fully saturated rings. The van der Waals surface area contributed by atoms with Crippen LogP contribution in [0.3, 0.4) is 0 Å². The van der Waals surface area contributed by atoms with Gasteiger partial charge in [-0.2, -0.15) is 0 Å². The molecule has 2 atom stereocenters. The van der Waals surface area contributed by atoms with Crippen LogP contribution in [-0.4, -0.2) is 11.1 Å². The van der Waals surface area contributed by atoms with E-state index < -0.39 is 6.10 Å². The summed E-state index contributed by atoms with van der Waals surface area (Å²) in [6, 6.07) is 9.22. The number of aliphatic hydroxyl groups excluding tert-OH is 1. The molecule has 0 aromatic heterocycles. The van der Waals surface area contributed by atoms with Crippen molar-refractivity contribution in [2.45, 2.75) is 19.1 Å². The van der Waals surface area contributed by atoms with Crippen molar-refractivity contribution in [3.8, 4) is 0 Å². The lowest BCUT2D eigenvalue weighted by atomic mass is 10.0. The van der Waals surface area contributed by atoms with E-state index in [9.17, 15) is 5.11 Å². The zero-order chi connectivity index (χ0) is 10.3. The minimum atomic E-state index is -0.545. The van der Waals surface area contributed by atoms with Gasteiger partial charge in [-0.25, -0.2) is 0 Å². The van der Waals surface area contributed by atoms with Gasteiger partial charge in [-0.15, -0.1) is 13.2 Å². The lowest BCUT2D eigenvalue weighted by Gasteiger charge is -2.13. The van der Waals surface area contributed by atoms with Gasteiger partial charge in [0.15, 0.2) is 0 Å². The van der Waals surface area contributed by atoms with Crippen LogP contribution in [0, 0.1) is 0 Å². The minimum absolute atomic E-state index is 0.211. The Balaban J connectivity index is 0.000000671. The van der Waals surface area contributed by atoms with Crippen LogP contribution in [0.4, 0.5) is 0 Å². The van der Waals surface area contributed by atoms with E-state index in [0.717, 1.165) is 5.56 Å². The molecule has 0 aliphatic heterocycles. The number of nitrogens with two attached hydrogens (primary N) is 1. The van der Waals surface area contributed by atoms with Gasteiger partial charge in [0.1, 0.15) is 0 Å². The Kier molecular flexibility index (Phi) is 5.85. The summed E-state index contributed by atoms with van der Waals surface area (Å²) in [5.41, 5.74) is 6.40. The molecule has 0 spiro atoms. The van der Waals surface area contributed by atoms with Crippen LogP contribution in [0.15, 0.2) is 43.5 Å². The molecule has 0 amide bonds. The molecule has 13 heavy (non-hydrogen) atoms. The van der Waals surface area contributed by atoms with Crippen molar-refractivity contribution in [1.29, 1.82) is 0 Å². The van der Waals surface area contributed by atoms with Crippen LogP contribution in [0.5, 0.6) is 0 Å². The topological polar surface area (TPSA) is 46.2 Å². The van der Waals surface area contributed by atoms with Gasteiger partial charge < -0.3 is 10.8 Å². The molecule has 1 aromatic rings. The van der Waals surface area contributed by atoms with E-state index in [1.807, 2.05) is 30.3 Å². The summed E-state index contributed by atoms with van der Waals surface area (Å²) in [6.45, 7) is 7.79. The second-order valence-electron chi connectivity index (χ2n) is 2.71. The molecular weight excluding hydrogens is 162 g/mol. The Bertz CT molecular complexity index is 221. The van der Waals surface area contributed by atoms with E-state index in [-0.39, 0.29) is 6.04 Å². The molecule has 0 radical (unpaired) electrons. The summed E-state index contributed by atoms with van der Waals surface area (Å²) in [5.74, 6) is 0. The maximum absolute atomic E-state index is 9.47. The summed E-state index contributed by atoms with van der Waals surface area (Å²) in [4.78, 5) is 0. The van der Waals surface area contributed by atoms with E-state index in [1.165, 1.54) is 0 Å². The van der Waals surface area contributed by atoms with Crippen LogP contribution in [0.2, 0.25) is 0 Å². The monoisotopic (exact) mass is 179 g/mol. The summed E-state index contributed by atoms with van der Waals surface area (Å²) < 4.78 is 0. The van der Waals surface area contributed by atoms with Crippen molar-refractivity contribution in [2.75, 3.05) is 0 Å². The van der Waals surface area contributed by atoms with Gasteiger partial charge in [0, 0.05) is 6.04 Å². The van der Waals surface area contributed by atoms with Crippen LogP contribution in [0.1, 0.15) is 18.6 Å². The molecular formula is C11H17NO. The number of benzene rings is 1. The van der Waals surface area contributed by atoms with Gasteiger partial charge in [-0.3, -0.25) is 0 Å². The van der Waals surface area contributed by atoms with E-state index in [0.29, 0.717) is 0 Å². The highest BCUT2D eigenvalue weighted by molar-refractivity contribution is 5.18. The zero-order valence-corrected chi connectivity index (χ0v) is 7.98. The molecule has 2 nitrogen and oxygen atoms in total. The third kappa shape index (κ3) is 3.87.